The topological polar surface area (TPSA) is 115 Å². The highest BCUT2D eigenvalue weighted by Crippen LogP contribution is 2.47. The van der Waals surface area contributed by atoms with Gasteiger partial charge in [-0.05, 0) is 33.1 Å². The van der Waals surface area contributed by atoms with Crippen LogP contribution < -0.4 is 5.56 Å². The average molecular weight is 344 g/mol. The molecular formula is C17H20N4O4. The molecule has 0 unspecified atom stereocenters. The lowest BCUT2D eigenvalue weighted by Crippen LogP contribution is -2.31. The lowest BCUT2D eigenvalue weighted by atomic mass is 9.81. The Kier molecular flexibility index (Phi) is 4.36. The number of nitrogens with one attached hydrogen (secondary N) is 1. The van der Waals surface area contributed by atoms with Gasteiger partial charge in [0.05, 0.1) is 12.7 Å². The first-order valence-electron chi connectivity index (χ1n) is 8.21. The third-order valence-electron chi connectivity index (χ3n) is 5.06. The summed E-state index contributed by atoms with van der Waals surface area (Å²) in [5.74, 6) is -1.48. The molecule has 2 aromatic rings. The molecule has 0 amide bonds. The van der Waals surface area contributed by atoms with E-state index in [1.165, 1.54) is 33.4 Å². The number of aromatic nitrogens is 4. The second kappa shape index (κ2) is 6.34. The molecule has 1 N–H and O–H groups in total. The zero-order valence-electron chi connectivity index (χ0n) is 14.4. The number of hydrogen-bond acceptors (Lipinski definition) is 6. The Hall–Kier alpha value is -2.64. The van der Waals surface area contributed by atoms with E-state index < -0.39 is 11.8 Å². The molecule has 0 spiro atoms. The monoisotopic (exact) mass is 344 g/mol. The predicted octanol–water partition coefficient (Wildman–Crippen LogP) is 1.07. The molecule has 0 aromatic carbocycles. The van der Waals surface area contributed by atoms with Gasteiger partial charge in [0.1, 0.15) is 17.3 Å². The molecular weight excluding hydrogens is 324 g/mol. The fourth-order valence-corrected chi connectivity index (χ4v) is 4.22. The van der Waals surface area contributed by atoms with Crippen molar-refractivity contribution < 1.29 is 14.4 Å². The number of hydrogen-bond donors (Lipinski definition) is 1. The highest BCUT2D eigenvalue weighted by atomic mass is 16.1. The molecule has 1 saturated carbocycles. The van der Waals surface area contributed by atoms with E-state index >= 15 is 0 Å². The largest absolute Gasteiger partial charge is 0.311 e. The molecule has 1 fully saturated rings. The Balaban J connectivity index is 2.11. The summed E-state index contributed by atoms with van der Waals surface area (Å²) in [6.45, 7) is 4.41. The number of nitrogens with zero attached hydrogens (tertiary/aromatic N) is 3. The fourth-order valence-electron chi connectivity index (χ4n) is 4.22. The second-order valence-electron chi connectivity index (χ2n) is 6.80. The quantitative estimate of drug-likeness (QED) is 0.867. The Labute approximate surface area is 143 Å². The van der Waals surface area contributed by atoms with Crippen molar-refractivity contribution in [3.05, 3.63) is 23.0 Å². The molecule has 1 aliphatic carbocycles. The van der Waals surface area contributed by atoms with Gasteiger partial charge in [0.25, 0.3) is 5.56 Å². The van der Waals surface area contributed by atoms with Crippen molar-refractivity contribution >= 4 is 28.5 Å². The summed E-state index contributed by atoms with van der Waals surface area (Å²) in [5.41, 5.74) is 0.217. The van der Waals surface area contributed by atoms with Gasteiger partial charge in [0.2, 0.25) is 0 Å². The summed E-state index contributed by atoms with van der Waals surface area (Å²) in [6, 6.07) is -0.352. The number of rotatable bonds is 5. The van der Waals surface area contributed by atoms with Crippen molar-refractivity contribution in [1.29, 1.82) is 0 Å². The summed E-state index contributed by atoms with van der Waals surface area (Å²) in [5, 5.41) is 0. The summed E-state index contributed by atoms with van der Waals surface area (Å²) < 4.78 is 1.70. The molecule has 2 heterocycles. The van der Waals surface area contributed by atoms with Crippen LogP contribution in [0.4, 0.5) is 0 Å². The van der Waals surface area contributed by atoms with Crippen LogP contribution in [0.15, 0.2) is 17.4 Å². The molecule has 8 heteroatoms. The van der Waals surface area contributed by atoms with Gasteiger partial charge in [-0.25, -0.2) is 9.97 Å². The van der Waals surface area contributed by atoms with Gasteiger partial charge < -0.3 is 14.3 Å². The van der Waals surface area contributed by atoms with Crippen molar-refractivity contribution in [2.75, 3.05) is 0 Å². The maximum absolute atomic E-state index is 12.3. The van der Waals surface area contributed by atoms with Crippen molar-refractivity contribution in [3.63, 3.8) is 0 Å². The van der Waals surface area contributed by atoms with Crippen LogP contribution in [0.3, 0.4) is 0 Å². The zero-order valence-corrected chi connectivity index (χ0v) is 14.4. The maximum Gasteiger partial charge on any atom is 0.278 e. The first-order chi connectivity index (χ1) is 11.8. The van der Waals surface area contributed by atoms with E-state index in [4.69, 9.17) is 0 Å². The first kappa shape index (κ1) is 17.2. The van der Waals surface area contributed by atoms with Crippen LogP contribution in [0.1, 0.15) is 39.7 Å². The number of Topliss-reactive ketones (excluding diaryl/α,β-unsaturated/α-hetero) is 3. The van der Waals surface area contributed by atoms with E-state index in [1.807, 2.05) is 0 Å². The fraction of sp³-hybridized carbons (Fsp3) is 0.529. The molecule has 4 atom stereocenters. The summed E-state index contributed by atoms with van der Waals surface area (Å²) in [4.78, 5) is 58.8. The standard InChI is InChI=1S/C17H20N4O4/c1-8(22)4-11-5-12(14(10(3)24)13(11)9(2)23)21-7-20-15-16(21)18-6-19-17(15)25/h6-7,11-14H,4-5H2,1-3H3,(H,18,19,25)/t11-,12+,13-,14-/m1/s1. The molecule has 0 saturated heterocycles. The van der Waals surface area contributed by atoms with E-state index in [1.54, 1.807) is 4.57 Å². The van der Waals surface area contributed by atoms with Crippen molar-refractivity contribution in [2.45, 2.75) is 39.7 Å². The number of H-pyrrole nitrogens is 1. The highest BCUT2D eigenvalue weighted by molar-refractivity contribution is 5.89. The second-order valence-corrected chi connectivity index (χ2v) is 6.80. The Bertz CT molecular complexity index is 913. The minimum atomic E-state index is -0.555. The van der Waals surface area contributed by atoms with Crippen molar-refractivity contribution in [3.8, 4) is 0 Å². The first-order valence-corrected chi connectivity index (χ1v) is 8.21. The van der Waals surface area contributed by atoms with Gasteiger partial charge >= 0.3 is 0 Å². The smallest absolute Gasteiger partial charge is 0.278 e. The predicted molar refractivity (Wildman–Crippen MR) is 88.9 cm³/mol. The molecule has 0 bridgehead atoms. The van der Waals surface area contributed by atoms with Crippen LogP contribution in [0.2, 0.25) is 0 Å². The van der Waals surface area contributed by atoms with Crippen LogP contribution in [-0.4, -0.2) is 36.9 Å². The highest BCUT2D eigenvalue weighted by Gasteiger charge is 2.49. The van der Waals surface area contributed by atoms with E-state index in [9.17, 15) is 19.2 Å². The molecule has 25 heavy (non-hydrogen) atoms. The van der Waals surface area contributed by atoms with Crippen LogP contribution in [0.25, 0.3) is 11.2 Å². The van der Waals surface area contributed by atoms with Crippen LogP contribution >= 0.6 is 0 Å². The molecule has 132 valence electrons. The third kappa shape index (κ3) is 2.92. The Morgan fingerprint density at radius 3 is 2.44 bits per heavy atom. The van der Waals surface area contributed by atoms with Gasteiger partial charge in [-0.1, -0.05) is 0 Å². The van der Waals surface area contributed by atoms with E-state index in [0.717, 1.165) is 0 Å². The maximum atomic E-state index is 12.3. The average Bonchev–Trinajstić information content (AvgIpc) is 3.08. The lowest BCUT2D eigenvalue weighted by molar-refractivity contribution is -0.131. The molecule has 1 aliphatic rings. The van der Waals surface area contributed by atoms with Gasteiger partial charge in [-0.3, -0.25) is 14.4 Å². The summed E-state index contributed by atoms with van der Waals surface area (Å²) >= 11 is 0. The van der Waals surface area contributed by atoms with Gasteiger partial charge in [-0.15, -0.1) is 0 Å². The Morgan fingerprint density at radius 1 is 1.16 bits per heavy atom. The SMILES string of the molecule is CC(=O)C[C@@H]1C[C@H](n2cnc3c(=O)[nH]cnc32)[C@@H](C(C)=O)[C@@H]1C(C)=O. The Morgan fingerprint density at radius 2 is 1.84 bits per heavy atom. The number of ketones is 3. The summed E-state index contributed by atoms with van der Waals surface area (Å²) in [6.07, 6.45) is 3.52. The van der Waals surface area contributed by atoms with Crippen molar-refractivity contribution in [1.82, 2.24) is 19.5 Å². The summed E-state index contributed by atoms with van der Waals surface area (Å²) in [7, 11) is 0. The van der Waals surface area contributed by atoms with Gasteiger partial charge in [0.15, 0.2) is 11.2 Å². The number of fused-ring (bicyclic) bond motifs is 1. The minimum Gasteiger partial charge on any atom is -0.311 e. The molecule has 2 aromatic heterocycles. The number of imidazole rings is 1. The van der Waals surface area contributed by atoms with Crippen LogP contribution in [0.5, 0.6) is 0 Å². The van der Waals surface area contributed by atoms with E-state index in [2.05, 4.69) is 15.0 Å². The number of aromatic amines is 1. The molecule has 0 aliphatic heterocycles. The lowest BCUT2D eigenvalue weighted by Gasteiger charge is -2.23. The van der Waals surface area contributed by atoms with E-state index in [0.29, 0.717) is 12.1 Å². The van der Waals surface area contributed by atoms with Gasteiger partial charge in [0, 0.05) is 24.3 Å². The normalized spacial score (nSPS) is 26.0. The number of carbonyl (C=O) groups is 3. The third-order valence-corrected chi connectivity index (χ3v) is 5.06. The van der Waals surface area contributed by atoms with Gasteiger partial charge in [-0.2, -0.15) is 0 Å². The number of carbonyl (C=O) groups excluding carboxylic acids is 3. The molecule has 3 rings (SSSR count). The molecule has 8 nitrogen and oxygen atoms in total. The van der Waals surface area contributed by atoms with Crippen molar-refractivity contribution in [2.24, 2.45) is 17.8 Å². The van der Waals surface area contributed by atoms with Crippen LogP contribution in [-0.2, 0) is 14.4 Å². The molecule has 0 radical (unpaired) electrons. The zero-order chi connectivity index (χ0) is 18.3. The van der Waals surface area contributed by atoms with Crippen LogP contribution in [0, 0.1) is 17.8 Å². The minimum absolute atomic E-state index is 0.00994. The van der Waals surface area contributed by atoms with E-state index in [-0.39, 0.29) is 46.8 Å².